The molecule has 18 N–H and O–H groups in total. The Morgan fingerprint density at radius 1 is 0.589 bits per heavy atom. The molecule has 0 saturated carbocycles. The molecule has 4 rings (SSSR count). The van der Waals surface area contributed by atoms with Crippen LogP contribution in [0.4, 0.5) is 0 Å². The third kappa shape index (κ3) is 21.6. The number of H-pyrrole nitrogens is 1. The predicted octanol–water partition coefficient (Wildman–Crippen LogP) is -5.58. The van der Waals surface area contributed by atoms with E-state index in [4.69, 9.17) is 11.5 Å². The van der Waals surface area contributed by atoms with Gasteiger partial charge >= 0.3 is 11.9 Å². The molecule has 1 aromatic carbocycles. The number of aliphatic carboxylic acids is 2. The lowest BCUT2D eigenvalue weighted by Gasteiger charge is -2.31. The van der Waals surface area contributed by atoms with Crippen molar-refractivity contribution in [2.45, 2.75) is 185 Å². The molecule has 2 saturated heterocycles. The standard InChI is InChI=1S/C57H85N15O18/c1-27(2)43(53(85)70-45(31(7)74)54(86)69-44(28(3)4)57(89)90)68-52(84)40-16-12-20-72(40)56(88)38(25-73)67-50(82)36(21-32-13-9-8-10-14-32)65-47(79)30(6)62-46(78)29(5)63-49(81)37(22-33-24-60-26-61-33)66-48(80)35(17-18-42(76)77)64-51(83)39-15-11-19-71(39)55(87)34(58)23-41(59)75/h8-10,13-14,24,26-31,34-40,43-45,73-74H,11-12,15-23,25,58H2,1-7H3,(H2,59,75)(H,60,61)(H,62,78)(H,63,81)(H,64,83)(H,65,79)(H,66,80)(H,67,82)(H,68,84)(H,69,86)(H,70,85)(H,76,77)(H,89,90)/t29-,30-,31+,34-,35-,36-,37-,38-,39-,40-,43-,44-,45-/m0/s1. The molecule has 33 heteroatoms. The number of benzene rings is 1. The molecule has 3 heterocycles. The number of carbonyl (C=O) groups excluding carboxylic acids is 12. The summed E-state index contributed by atoms with van der Waals surface area (Å²) in [7, 11) is 0. The Morgan fingerprint density at radius 2 is 1.08 bits per heavy atom. The van der Waals surface area contributed by atoms with Crippen LogP contribution in [0.5, 0.6) is 0 Å². The third-order valence-corrected chi connectivity index (χ3v) is 15.1. The number of imidazole rings is 1. The first-order valence-corrected chi connectivity index (χ1v) is 29.5. The van der Waals surface area contributed by atoms with Crippen molar-refractivity contribution in [3.63, 3.8) is 0 Å². The first-order valence-electron chi connectivity index (χ1n) is 29.5. The monoisotopic (exact) mass is 1270 g/mol. The average molecular weight is 1270 g/mol. The highest BCUT2D eigenvalue weighted by Crippen LogP contribution is 2.22. The summed E-state index contributed by atoms with van der Waals surface area (Å²) in [5.74, 6) is -14.7. The number of aromatic nitrogens is 2. The number of aromatic amines is 1. The van der Waals surface area contributed by atoms with E-state index < -0.39 is 199 Å². The second-order valence-corrected chi connectivity index (χ2v) is 23.0. The molecule has 496 valence electrons. The number of amides is 12. The van der Waals surface area contributed by atoms with Gasteiger partial charge in [0, 0.05) is 38.5 Å². The number of nitrogens with two attached hydrogens (primary N) is 2. The van der Waals surface area contributed by atoms with Crippen LogP contribution in [-0.2, 0) is 80.0 Å². The molecule has 0 radical (unpaired) electrons. The smallest absolute Gasteiger partial charge is 0.326 e. The maximum Gasteiger partial charge on any atom is 0.326 e. The molecule has 0 bridgehead atoms. The maximum absolute atomic E-state index is 14.2. The molecule has 33 nitrogen and oxygen atoms in total. The van der Waals surface area contributed by atoms with Gasteiger partial charge in [0.2, 0.25) is 70.9 Å². The number of aliphatic hydroxyl groups excluding tert-OH is 2. The Kier molecular flexibility index (Phi) is 28.2. The van der Waals surface area contributed by atoms with E-state index in [1.807, 2.05) is 0 Å². The van der Waals surface area contributed by atoms with Gasteiger partial charge < -0.3 is 94.5 Å². The normalized spacial score (nSPS) is 18.3. The minimum atomic E-state index is -1.69. The van der Waals surface area contributed by atoms with Crippen molar-refractivity contribution in [1.82, 2.24) is 67.6 Å². The van der Waals surface area contributed by atoms with Crippen molar-refractivity contribution in [3.8, 4) is 0 Å². The Bertz CT molecular complexity index is 2890. The fraction of sp³-hybridized carbons (Fsp3) is 0.596. The number of nitrogens with zero attached hydrogens (tertiary/aromatic N) is 3. The molecule has 2 fully saturated rings. The summed E-state index contributed by atoms with van der Waals surface area (Å²) in [5.41, 5.74) is 11.8. The summed E-state index contributed by atoms with van der Waals surface area (Å²) in [6.45, 7) is 9.06. The fourth-order valence-corrected chi connectivity index (χ4v) is 10.0. The average Bonchev–Trinajstić information content (AvgIpc) is 1.89. The summed E-state index contributed by atoms with van der Waals surface area (Å²) in [5, 5.41) is 62.2. The van der Waals surface area contributed by atoms with E-state index in [1.54, 1.807) is 58.0 Å². The van der Waals surface area contributed by atoms with E-state index in [1.165, 1.54) is 33.3 Å². The molecule has 2 aliphatic heterocycles. The van der Waals surface area contributed by atoms with Gasteiger partial charge in [-0.1, -0.05) is 58.0 Å². The van der Waals surface area contributed by atoms with Crippen LogP contribution >= 0.6 is 0 Å². The molecule has 90 heavy (non-hydrogen) atoms. The minimum Gasteiger partial charge on any atom is -0.481 e. The molecule has 12 amide bonds. The predicted molar refractivity (Wildman–Crippen MR) is 315 cm³/mol. The van der Waals surface area contributed by atoms with Gasteiger partial charge in [0.05, 0.1) is 37.2 Å². The van der Waals surface area contributed by atoms with Crippen molar-refractivity contribution >= 4 is 82.8 Å². The highest BCUT2D eigenvalue weighted by Gasteiger charge is 2.42. The number of hydrogen-bond acceptors (Lipinski definition) is 18. The van der Waals surface area contributed by atoms with E-state index in [-0.39, 0.29) is 50.9 Å². The lowest BCUT2D eigenvalue weighted by molar-refractivity contribution is -0.144. The molecule has 0 spiro atoms. The van der Waals surface area contributed by atoms with Gasteiger partial charge in [-0.2, -0.15) is 0 Å². The second kappa shape index (κ2) is 34.6. The van der Waals surface area contributed by atoms with Crippen molar-refractivity contribution in [2.24, 2.45) is 23.3 Å². The fourth-order valence-electron chi connectivity index (χ4n) is 10.0. The largest absolute Gasteiger partial charge is 0.481 e. The van der Waals surface area contributed by atoms with Gasteiger partial charge in [0.1, 0.15) is 66.5 Å². The number of rotatable bonds is 34. The van der Waals surface area contributed by atoms with E-state index >= 15 is 0 Å². The lowest BCUT2D eigenvalue weighted by Crippen LogP contribution is -2.62. The van der Waals surface area contributed by atoms with E-state index in [2.05, 4.69) is 57.8 Å². The molecule has 13 atom stereocenters. The highest BCUT2D eigenvalue weighted by molar-refractivity contribution is 6.00. The van der Waals surface area contributed by atoms with Gasteiger partial charge in [0.25, 0.3) is 0 Å². The van der Waals surface area contributed by atoms with E-state index in [0.29, 0.717) is 12.0 Å². The quantitative estimate of drug-likeness (QED) is 0.0311. The summed E-state index contributed by atoms with van der Waals surface area (Å²) in [6.07, 6.45) is -0.0270. The van der Waals surface area contributed by atoms with Crippen LogP contribution in [-0.4, -0.2) is 221 Å². The van der Waals surface area contributed by atoms with Gasteiger partial charge in [-0.05, 0) is 70.3 Å². The van der Waals surface area contributed by atoms with E-state index in [0.717, 1.165) is 9.80 Å². The van der Waals surface area contributed by atoms with Crippen LogP contribution in [0, 0.1) is 11.8 Å². The number of carboxylic acids is 2. The number of carboxylic acid groups (broad SMARTS) is 2. The Labute approximate surface area is 518 Å². The number of carbonyl (C=O) groups is 14. The maximum atomic E-state index is 14.2. The second-order valence-electron chi connectivity index (χ2n) is 23.0. The number of primary amides is 1. The number of likely N-dealkylation sites (tertiary alicyclic amines) is 2. The summed E-state index contributed by atoms with van der Waals surface area (Å²) < 4.78 is 0. The van der Waals surface area contributed by atoms with Gasteiger partial charge in [-0.25, -0.2) is 9.78 Å². The van der Waals surface area contributed by atoms with Crippen molar-refractivity contribution in [1.29, 1.82) is 0 Å². The summed E-state index contributed by atoms with van der Waals surface area (Å²) >= 11 is 0. The van der Waals surface area contributed by atoms with Gasteiger partial charge in [-0.15, -0.1) is 0 Å². The van der Waals surface area contributed by atoms with E-state index in [9.17, 15) is 87.5 Å². The summed E-state index contributed by atoms with van der Waals surface area (Å²) in [4.78, 5) is 195. The minimum absolute atomic E-state index is 0.0225. The summed E-state index contributed by atoms with van der Waals surface area (Å²) in [6, 6.07) is -8.89. The van der Waals surface area contributed by atoms with Crippen LogP contribution in [0.15, 0.2) is 42.9 Å². The highest BCUT2D eigenvalue weighted by atomic mass is 16.4. The molecular weight excluding hydrogens is 1180 g/mol. The van der Waals surface area contributed by atoms with Crippen LogP contribution in [0.2, 0.25) is 0 Å². The molecule has 1 aromatic heterocycles. The van der Waals surface area contributed by atoms with Crippen molar-refractivity contribution < 1.29 is 87.5 Å². The number of aliphatic hydroxyl groups is 2. The molecule has 0 aliphatic carbocycles. The Hall–Kier alpha value is -9.11. The molecule has 0 unspecified atom stereocenters. The van der Waals surface area contributed by atoms with Crippen LogP contribution in [0.25, 0.3) is 0 Å². The first-order chi connectivity index (χ1) is 42.3. The zero-order valence-corrected chi connectivity index (χ0v) is 51.2. The van der Waals surface area contributed by atoms with Crippen LogP contribution < -0.4 is 59.3 Å². The Balaban J connectivity index is 1.44. The number of hydrogen-bond donors (Lipinski definition) is 16. The number of nitrogens with one attached hydrogen (secondary N) is 10. The van der Waals surface area contributed by atoms with Crippen molar-refractivity contribution in [2.75, 3.05) is 19.7 Å². The Morgan fingerprint density at radius 3 is 1.60 bits per heavy atom. The zero-order valence-electron chi connectivity index (χ0n) is 51.2. The van der Waals surface area contributed by atoms with Gasteiger partial charge in [0.15, 0.2) is 0 Å². The first kappa shape index (κ1) is 73.4. The molecular formula is C57H85N15O18. The topological polar surface area (TPSA) is 515 Å². The third-order valence-electron chi connectivity index (χ3n) is 15.1. The van der Waals surface area contributed by atoms with Crippen molar-refractivity contribution in [3.05, 3.63) is 54.1 Å². The van der Waals surface area contributed by atoms with Crippen LogP contribution in [0.3, 0.4) is 0 Å². The lowest BCUT2D eigenvalue weighted by atomic mass is 10.0. The molecule has 2 aromatic rings. The zero-order chi connectivity index (χ0) is 67.3. The van der Waals surface area contributed by atoms with Gasteiger partial charge in [-0.3, -0.25) is 62.3 Å². The van der Waals surface area contributed by atoms with Crippen LogP contribution in [0.1, 0.15) is 105 Å². The molecule has 2 aliphatic rings. The SMILES string of the molecule is CC(C)[C@H](NC(=O)[C@@H](NC(=O)[C@@H](NC(=O)[C@@H]1CCCN1C(=O)[C@H](CO)NC(=O)[C@H](Cc1ccccc1)NC(=O)[C@H](C)NC(=O)[C@H](C)NC(=O)[C@H](Cc1c[nH]cn1)NC(=O)[C@H](CCC(=O)O)NC(=O)[C@@H]1CCCN1C(=O)[C@@H](N)CC(N)=O)C(C)C)[C@@H](C)O)C(=O)O.